The van der Waals surface area contributed by atoms with Crippen LogP contribution in [0.4, 0.5) is 0 Å². The van der Waals surface area contributed by atoms with Gasteiger partial charge in [0.05, 0.1) is 5.75 Å². The highest BCUT2D eigenvalue weighted by Crippen LogP contribution is 2.12. The van der Waals surface area contributed by atoms with Gasteiger partial charge in [-0.2, -0.15) is 0 Å². The molecule has 0 aliphatic rings. The Morgan fingerprint density at radius 3 is 2.35 bits per heavy atom. The molecule has 0 radical (unpaired) electrons. The smallest absolute Gasteiger partial charge is 0.162 e. The summed E-state index contributed by atoms with van der Waals surface area (Å²) in [5.74, 6) is 0.276. The van der Waals surface area contributed by atoms with Gasteiger partial charge in [-0.15, -0.1) is 0 Å². The monoisotopic (exact) mass is 361 g/mol. The summed E-state index contributed by atoms with van der Waals surface area (Å²) in [4.78, 5) is 13.9. The number of hydrogen-bond acceptors (Lipinski definition) is 4. The molecule has 0 amide bonds. The van der Waals surface area contributed by atoms with E-state index in [1.165, 1.54) is 6.26 Å². The fourth-order valence-corrected chi connectivity index (χ4v) is 2.63. The number of ketones is 1. The molecule has 0 spiro atoms. The van der Waals surface area contributed by atoms with Crippen LogP contribution in [0.5, 0.6) is 0 Å². The lowest BCUT2D eigenvalue weighted by Gasteiger charge is -2.15. The largest absolute Gasteiger partial charge is 0.305 e. The average molecular weight is 362 g/mol. The Labute approximate surface area is 129 Å². The summed E-state index contributed by atoms with van der Waals surface area (Å²) >= 11 is 3.33. The average Bonchev–Trinajstić information content (AvgIpc) is 2.36. The quantitative estimate of drug-likeness (QED) is 0.667. The van der Waals surface area contributed by atoms with E-state index >= 15 is 0 Å². The highest BCUT2D eigenvalue weighted by molar-refractivity contribution is 9.10. The van der Waals surface area contributed by atoms with Crippen LogP contribution in [0.2, 0.25) is 0 Å². The Hall–Kier alpha value is -0.720. The van der Waals surface area contributed by atoms with Crippen LogP contribution in [0, 0.1) is 0 Å². The minimum atomic E-state index is -2.92. The summed E-state index contributed by atoms with van der Waals surface area (Å²) in [6.45, 7) is 1.23. The van der Waals surface area contributed by atoms with Crippen LogP contribution < -0.4 is 0 Å². The van der Waals surface area contributed by atoms with Crippen molar-refractivity contribution in [3.05, 3.63) is 34.3 Å². The van der Waals surface area contributed by atoms with Gasteiger partial charge < -0.3 is 4.90 Å². The van der Waals surface area contributed by atoms with Gasteiger partial charge in [0.15, 0.2) is 5.78 Å². The van der Waals surface area contributed by atoms with Crippen molar-refractivity contribution >= 4 is 31.6 Å². The van der Waals surface area contributed by atoms with Crippen molar-refractivity contribution in [3.63, 3.8) is 0 Å². The number of benzene rings is 1. The van der Waals surface area contributed by atoms with Crippen molar-refractivity contribution in [1.29, 1.82) is 0 Å². The Morgan fingerprint density at radius 1 is 1.20 bits per heavy atom. The lowest BCUT2D eigenvalue weighted by Crippen LogP contribution is -2.26. The van der Waals surface area contributed by atoms with Crippen LogP contribution in [0.15, 0.2) is 28.7 Å². The number of nitrogens with zero attached hydrogens (tertiary/aromatic N) is 1. The van der Waals surface area contributed by atoms with Crippen LogP contribution in [0.25, 0.3) is 0 Å². The number of carbonyl (C=O) groups excluding carboxylic acids is 1. The maximum Gasteiger partial charge on any atom is 0.162 e. The van der Waals surface area contributed by atoms with E-state index in [0.717, 1.165) is 17.4 Å². The molecule has 0 saturated heterocycles. The van der Waals surface area contributed by atoms with Crippen molar-refractivity contribution in [2.75, 3.05) is 32.1 Å². The first kappa shape index (κ1) is 17.3. The number of rotatable bonds is 8. The molecule has 0 fully saturated rings. The molecule has 4 nitrogen and oxygen atoms in total. The second kappa shape index (κ2) is 7.90. The zero-order chi connectivity index (χ0) is 15.2. The Morgan fingerprint density at radius 2 is 1.80 bits per heavy atom. The molecule has 6 heteroatoms. The van der Waals surface area contributed by atoms with E-state index in [4.69, 9.17) is 0 Å². The highest BCUT2D eigenvalue weighted by atomic mass is 79.9. The first-order chi connectivity index (χ1) is 9.28. The maximum atomic E-state index is 11.9. The Bertz CT molecular complexity index is 540. The van der Waals surface area contributed by atoms with Crippen LogP contribution in [0.1, 0.15) is 23.2 Å². The molecule has 0 aliphatic carbocycles. The van der Waals surface area contributed by atoms with E-state index in [2.05, 4.69) is 15.9 Å². The summed E-state index contributed by atoms with van der Waals surface area (Å²) in [7, 11) is -1.05. The molecule has 0 aliphatic heterocycles. The van der Waals surface area contributed by atoms with Crippen LogP contribution in [-0.2, 0) is 9.84 Å². The molecule has 1 aromatic rings. The molecule has 112 valence electrons. The number of halogens is 1. The second-order valence-electron chi connectivity index (χ2n) is 4.97. The molecule has 1 rings (SSSR count). The number of sulfone groups is 1. The van der Waals surface area contributed by atoms with E-state index in [1.54, 1.807) is 12.1 Å². The van der Waals surface area contributed by atoms with Crippen molar-refractivity contribution in [3.8, 4) is 0 Å². The molecule has 0 aromatic heterocycles. The molecule has 0 bridgehead atoms. The van der Waals surface area contributed by atoms with Gasteiger partial charge in [-0.25, -0.2) is 8.42 Å². The third kappa shape index (κ3) is 7.17. The van der Waals surface area contributed by atoms with Gasteiger partial charge >= 0.3 is 0 Å². The number of carbonyl (C=O) groups is 1. The molecular formula is C14H20BrNO3S. The van der Waals surface area contributed by atoms with Crippen LogP contribution >= 0.6 is 15.9 Å². The molecule has 0 atom stereocenters. The normalized spacial score (nSPS) is 11.8. The van der Waals surface area contributed by atoms with Crippen molar-refractivity contribution < 1.29 is 13.2 Å². The van der Waals surface area contributed by atoms with E-state index in [9.17, 15) is 13.2 Å². The van der Waals surface area contributed by atoms with Crippen LogP contribution in [-0.4, -0.2) is 51.2 Å². The molecule has 1 aromatic carbocycles. The second-order valence-corrected chi connectivity index (χ2v) is 8.14. The van der Waals surface area contributed by atoms with Gasteiger partial charge in [-0.3, -0.25) is 4.79 Å². The molecule has 0 saturated carbocycles. The lowest BCUT2D eigenvalue weighted by atomic mass is 10.1. The first-order valence-corrected chi connectivity index (χ1v) is 9.28. The van der Waals surface area contributed by atoms with Gasteiger partial charge in [-0.05, 0) is 32.1 Å². The zero-order valence-corrected chi connectivity index (χ0v) is 14.2. The number of hydrogen-bond donors (Lipinski definition) is 0. The molecule has 0 unspecified atom stereocenters. The summed E-state index contributed by atoms with van der Waals surface area (Å²) in [5, 5.41) is 0. The highest BCUT2D eigenvalue weighted by Gasteiger charge is 2.08. The predicted molar refractivity (Wildman–Crippen MR) is 84.9 cm³/mol. The lowest BCUT2D eigenvalue weighted by molar-refractivity contribution is 0.0976. The Balaban J connectivity index is 2.30. The maximum absolute atomic E-state index is 11.9. The molecule has 20 heavy (non-hydrogen) atoms. The summed E-state index contributed by atoms with van der Waals surface area (Å²) in [6.07, 6.45) is 2.44. The van der Waals surface area contributed by atoms with Crippen molar-refractivity contribution in [2.45, 2.75) is 12.8 Å². The zero-order valence-electron chi connectivity index (χ0n) is 11.8. The first-order valence-electron chi connectivity index (χ1n) is 6.43. The predicted octanol–water partition coefficient (Wildman–Crippen LogP) is 2.39. The van der Waals surface area contributed by atoms with E-state index in [-0.39, 0.29) is 11.5 Å². The van der Waals surface area contributed by atoms with Crippen molar-refractivity contribution in [2.24, 2.45) is 0 Å². The molecular weight excluding hydrogens is 342 g/mol. The van der Waals surface area contributed by atoms with Gasteiger partial charge in [0.25, 0.3) is 0 Å². The van der Waals surface area contributed by atoms with E-state index in [1.807, 2.05) is 24.1 Å². The van der Waals surface area contributed by atoms with Gasteiger partial charge in [-0.1, -0.05) is 28.1 Å². The minimum Gasteiger partial charge on any atom is -0.305 e. The minimum absolute atomic E-state index is 0.119. The molecule has 0 N–H and O–H groups in total. The van der Waals surface area contributed by atoms with Crippen molar-refractivity contribution in [1.82, 2.24) is 4.90 Å². The van der Waals surface area contributed by atoms with Gasteiger partial charge in [0, 0.05) is 29.3 Å². The Kier molecular flexibility index (Phi) is 6.85. The fourth-order valence-electron chi connectivity index (χ4n) is 1.72. The standard InChI is InChI=1S/C14H20BrNO3S/c1-16(10-11-20(2,18)19)9-3-4-14(17)12-5-7-13(15)8-6-12/h5-8H,3-4,9-11H2,1-2H3. The van der Waals surface area contributed by atoms with Crippen LogP contribution in [0.3, 0.4) is 0 Å². The third-order valence-corrected chi connectivity index (χ3v) is 4.41. The topological polar surface area (TPSA) is 54.5 Å². The van der Waals surface area contributed by atoms with E-state index in [0.29, 0.717) is 18.5 Å². The summed E-state index contributed by atoms with van der Waals surface area (Å²) < 4.78 is 23.0. The summed E-state index contributed by atoms with van der Waals surface area (Å²) in [5.41, 5.74) is 0.715. The fraction of sp³-hybridized carbons (Fsp3) is 0.500. The SMILES string of the molecule is CN(CCCC(=O)c1ccc(Br)cc1)CCS(C)(=O)=O. The number of Topliss-reactive ketones (excluding diaryl/α,β-unsaturated/α-hetero) is 1. The van der Waals surface area contributed by atoms with Gasteiger partial charge in [0.2, 0.25) is 0 Å². The summed E-state index contributed by atoms with van der Waals surface area (Å²) in [6, 6.07) is 7.32. The van der Waals surface area contributed by atoms with E-state index < -0.39 is 9.84 Å². The van der Waals surface area contributed by atoms with Gasteiger partial charge in [0.1, 0.15) is 9.84 Å². The third-order valence-electron chi connectivity index (χ3n) is 2.95. The molecule has 0 heterocycles.